The first-order valence-electron chi connectivity index (χ1n) is 6.44. The third kappa shape index (κ3) is 2.73. The number of fused-ring (bicyclic) bond motifs is 1. The van der Waals surface area contributed by atoms with Crippen molar-refractivity contribution in [3.63, 3.8) is 0 Å². The second-order valence-corrected chi connectivity index (χ2v) is 6.30. The molecule has 1 aliphatic rings. The van der Waals surface area contributed by atoms with Gasteiger partial charge in [-0.05, 0) is 24.6 Å². The summed E-state index contributed by atoms with van der Waals surface area (Å²) in [6, 6.07) is 12.5. The molecule has 1 aromatic carbocycles. The molecule has 6 nitrogen and oxygen atoms in total. The van der Waals surface area contributed by atoms with Crippen LogP contribution in [-0.2, 0) is 10.0 Å². The molecular weight excluding hydrogens is 288 g/mol. The van der Waals surface area contributed by atoms with Crippen molar-refractivity contribution in [2.45, 2.75) is 17.9 Å². The fourth-order valence-corrected chi connectivity index (χ4v) is 3.16. The SMILES string of the molecule is C[C@@H](N=C1Nc2ncccc2S(=O)(=O)N1)c1ccccc1. The molecule has 0 bridgehead atoms. The number of benzene rings is 1. The van der Waals surface area contributed by atoms with E-state index in [1.807, 2.05) is 37.3 Å². The fourth-order valence-electron chi connectivity index (χ4n) is 2.08. The van der Waals surface area contributed by atoms with E-state index in [2.05, 4.69) is 20.0 Å². The lowest BCUT2D eigenvalue weighted by Gasteiger charge is -2.21. The van der Waals surface area contributed by atoms with E-state index in [9.17, 15) is 8.42 Å². The molecule has 1 aliphatic heterocycles. The normalized spacial score (nSPS) is 19.2. The molecule has 21 heavy (non-hydrogen) atoms. The van der Waals surface area contributed by atoms with Gasteiger partial charge in [0.15, 0.2) is 5.82 Å². The smallest absolute Gasteiger partial charge is 0.267 e. The molecule has 2 aromatic rings. The number of sulfonamides is 1. The Morgan fingerprint density at radius 1 is 1.14 bits per heavy atom. The van der Waals surface area contributed by atoms with E-state index in [4.69, 9.17) is 0 Å². The first-order valence-corrected chi connectivity index (χ1v) is 7.92. The summed E-state index contributed by atoms with van der Waals surface area (Å²) in [5, 5.41) is 2.90. The van der Waals surface area contributed by atoms with Crippen LogP contribution in [0.15, 0.2) is 58.5 Å². The number of rotatable bonds is 2. The van der Waals surface area contributed by atoms with Crippen LogP contribution in [0.25, 0.3) is 0 Å². The molecule has 0 fully saturated rings. The molecule has 2 heterocycles. The number of hydrogen-bond donors (Lipinski definition) is 2. The van der Waals surface area contributed by atoms with E-state index in [0.717, 1.165) is 5.56 Å². The van der Waals surface area contributed by atoms with Gasteiger partial charge in [-0.1, -0.05) is 30.3 Å². The Labute approximate surface area is 123 Å². The van der Waals surface area contributed by atoms with Gasteiger partial charge in [0.1, 0.15) is 4.90 Å². The van der Waals surface area contributed by atoms with Gasteiger partial charge in [0.25, 0.3) is 10.0 Å². The Bertz CT molecular complexity index is 788. The van der Waals surface area contributed by atoms with Gasteiger partial charge in [-0.3, -0.25) is 0 Å². The van der Waals surface area contributed by atoms with Crippen LogP contribution in [0.2, 0.25) is 0 Å². The predicted octanol–water partition coefficient (Wildman–Crippen LogP) is 1.90. The van der Waals surface area contributed by atoms with Crippen LogP contribution in [0.5, 0.6) is 0 Å². The highest BCUT2D eigenvalue weighted by Crippen LogP contribution is 2.23. The van der Waals surface area contributed by atoms with Crippen molar-refractivity contribution in [3.05, 3.63) is 54.2 Å². The monoisotopic (exact) mass is 302 g/mol. The minimum Gasteiger partial charge on any atom is -0.309 e. The zero-order valence-corrected chi connectivity index (χ0v) is 12.1. The van der Waals surface area contributed by atoms with E-state index < -0.39 is 10.0 Å². The summed E-state index contributed by atoms with van der Waals surface area (Å²) in [6.45, 7) is 1.90. The third-order valence-corrected chi connectivity index (χ3v) is 4.50. The molecule has 1 aromatic heterocycles. The minimum absolute atomic E-state index is 0.122. The van der Waals surface area contributed by atoms with Crippen molar-refractivity contribution in [2.75, 3.05) is 5.32 Å². The second-order valence-electron chi connectivity index (χ2n) is 4.65. The summed E-state index contributed by atoms with van der Waals surface area (Å²) in [5.74, 6) is 0.466. The van der Waals surface area contributed by atoms with Gasteiger partial charge < -0.3 is 5.32 Å². The lowest BCUT2D eigenvalue weighted by atomic mass is 10.1. The molecule has 1 atom stereocenters. The number of aliphatic imine (C=N–C) groups is 1. The van der Waals surface area contributed by atoms with Crippen molar-refractivity contribution in [1.29, 1.82) is 0 Å². The highest BCUT2D eigenvalue weighted by atomic mass is 32.2. The lowest BCUT2D eigenvalue weighted by molar-refractivity contribution is 0.591. The van der Waals surface area contributed by atoms with E-state index in [1.54, 1.807) is 6.07 Å². The molecule has 0 spiro atoms. The lowest BCUT2D eigenvalue weighted by Crippen LogP contribution is -2.41. The maximum absolute atomic E-state index is 12.1. The average molecular weight is 302 g/mol. The van der Waals surface area contributed by atoms with Crippen LogP contribution in [-0.4, -0.2) is 19.4 Å². The molecule has 7 heteroatoms. The van der Waals surface area contributed by atoms with Crippen molar-refractivity contribution >= 4 is 21.8 Å². The van der Waals surface area contributed by atoms with Gasteiger partial charge >= 0.3 is 0 Å². The molecule has 0 aliphatic carbocycles. The first kappa shape index (κ1) is 13.6. The summed E-state index contributed by atoms with van der Waals surface area (Å²) in [7, 11) is -3.62. The zero-order valence-electron chi connectivity index (χ0n) is 11.3. The number of nitrogens with one attached hydrogen (secondary N) is 2. The Morgan fingerprint density at radius 2 is 1.90 bits per heavy atom. The number of guanidine groups is 1. The summed E-state index contributed by atoms with van der Waals surface area (Å²) >= 11 is 0. The topological polar surface area (TPSA) is 83.5 Å². The number of hydrogen-bond acceptors (Lipinski definition) is 4. The van der Waals surface area contributed by atoms with Crippen LogP contribution >= 0.6 is 0 Å². The Hall–Kier alpha value is -2.41. The molecule has 0 amide bonds. The maximum atomic E-state index is 12.1. The van der Waals surface area contributed by atoms with Crippen LogP contribution in [0.1, 0.15) is 18.5 Å². The van der Waals surface area contributed by atoms with Gasteiger partial charge in [0.05, 0.1) is 6.04 Å². The Kier molecular flexibility index (Phi) is 3.34. The summed E-state index contributed by atoms with van der Waals surface area (Å²) in [6.07, 6.45) is 1.53. The van der Waals surface area contributed by atoms with Gasteiger partial charge in [0.2, 0.25) is 5.96 Å². The molecule has 108 valence electrons. The highest BCUT2D eigenvalue weighted by molar-refractivity contribution is 7.90. The van der Waals surface area contributed by atoms with Crippen LogP contribution in [0, 0.1) is 0 Å². The van der Waals surface area contributed by atoms with E-state index in [-0.39, 0.29) is 22.7 Å². The van der Waals surface area contributed by atoms with Crippen molar-refractivity contribution < 1.29 is 8.42 Å². The molecule has 2 N–H and O–H groups in total. The molecule has 0 saturated heterocycles. The molecule has 0 unspecified atom stereocenters. The standard InChI is InChI=1S/C14H14N4O2S/c1-10(11-6-3-2-4-7-11)16-14-17-13-12(8-5-9-15-13)21(19,20)18-14/h2-10H,1H3,(H2,15,16,17,18)/t10-/m1/s1. The zero-order chi connectivity index (χ0) is 14.9. The summed E-state index contributed by atoms with van der Waals surface area (Å²) in [4.78, 5) is 8.53. The highest BCUT2D eigenvalue weighted by Gasteiger charge is 2.27. The van der Waals surface area contributed by atoms with E-state index >= 15 is 0 Å². The van der Waals surface area contributed by atoms with Gasteiger partial charge in [0, 0.05) is 6.20 Å². The van der Waals surface area contributed by atoms with Crippen molar-refractivity contribution in [3.8, 4) is 0 Å². The van der Waals surface area contributed by atoms with Crippen LogP contribution in [0.4, 0.5) is 5.82 Å². The fraction of sp³-hybridized carbons (Fsp3) is 0.143. The van der Waals surface area contributed by atoms with Crippen LogP contribution in [0.3, 0.4) is 0 Å². The quantitative estimate of drug-likeness (QED) is 0.887. The number of anilines is 1. The van der Waals surface area contributed by atoms with Crippen LogP contribution < -0.4 is 10.0 Å². The first-order chi connectivity index (χ1) is 10.1. The Morgan fingerprint density at radius 3 is 2.67 bits per heavy atom. The number of nitrogens with zero attached hydrogens (tertiary/aromatic N) is 2. The maximum Gasteiger partial charge on any atom is 0.267 e. The van der Waals surface area contributed by atoms with E-state index in [0.29, 0.717) is 0 Å². The number of pyridine rings is 1. The van der Waals surface area contributed by atoms with Gasteiger partial charge in [-0.15, -0.1) is 0 Å². The minimum atomic E-state index is -3.62. The molecule has 0 radical (unpaired) electrons. The summed E-state index contributed by atoms with van der Waals surface area (Å²) < 4.78 is 26.7. The third-order valence-electron chi connectivity index (χ3n) is 3.13. The Balaban J connectivity index is 1.94. The van der Waals surface area contributed by atoms with E-state index in [1.165, 1.54) is 12.3 Å². The molecule has 3 rings (SSSR count). The summed E-state index contributed by atoms with van der Waals surface area (Å²) in [5.41, 5.74) is 0.998. The molecular formula is C14H14N4O2S. The van der Waals surface area contributed by atoms with Crippen molar-refractivity contribution in [2.24, 2.45) is 4.99 Å². The average Bonchev–Trinajstić information content (AvgIpc) is 2.47. The number of aromatic nitrogens is 1. The second kappa shape index (κ2) is 5.17. The van der Waals surface area contributed by atoms with Crippen molar-refractivity contribution in [1.82, 2.24) is 9.71 Å². The van der Waals surface area contributed by atoms with Gasteiger partial charge in [-0.2, -0.15) is 0 Å². The largest absolute Gasteiger partial charge is 0.309 e. The predicted molar refractivity (Wildman–Crippen MR) is 80.5 cm³/mol. The van der Waals surface area contributed by atoms with Gasteiger partial charge in [-0.25, -0.2) is 23.1 Å². The molecule has 0 saturated carbocycles.